The van der Waals surface area contributed by atoms with Gasteiger partial charge in [0, 0.05) is 24.7 Å². The second-order valence-corrected chi connectivity index (χ2v) is 7.76. The second kappa shape index (κ2) is 6.64. The van der Waals surface area contributed by atoms with Gasteiger partial charge in [0.15, 0.2) is 0 Å². The van der Waals surface area contributed by atoms with Gasteiger partial charge in [0.05, 0.1) is 23.3 Å². The summed E-state index contributed by atoms with van der Waals surface area (Å²) in [7, 11) is 0. The molecule has 0 N–H and O–H groups in total. The van der Waals surface area contributed by atoms with E-state index in [4.69, 9.17) is 0 Å². The lowest BCUT2D eigenvalue weighted by Gasteiger charge is -2.34. The van der Waals surface area contributed by atoms with E-state index in [-0.39, 0.29) is 11.9 Å². The number of hydrogen-bond acceptors (Lipinski definition) is 5. The van der Waals surface area contributed by atoms with Gasteiger partial charge in [0.2, 0.25) is 0 Å². The van der Waals surface area contributed by atoms with Crippen LogP contribution >= 0.6 is 11.3 Å². The maximum Gasteiger partial charge on any atom is 0.273 e. The summed E-state index contributed by atoms with van der Waals surface area (Å²) < 4.78 is 2.12. The van der Waals surface area contributed by atoms with Crippen molar-refractivity contribution in [3.63, 3.8) is 0 Å². The summed E-state index contributed by atoms with van der Waals surface area (Å²) in [5.41, 5.74) is 1.69. The van der Waals surface area contributed by atoms with E-state index < -0.39 is 0 Å². The predicted octanol–water partition coefficient (Wildman–Crippen LogP) is 2.33. The zero-order valence-electron chi connectivity index (χ0n) is 14.0. The van der Waals surface area contributed by atoms with Crippen molar-refractivity contribution in [3.05, 3.63) is 34.0 Å². The van der Waals surface area contributed by atoms with Gasteiger partial charge in [-0.3, -0.25) is 9.48 Å². The average molecular weight is 345 g/mol. The maximum atomic E-state index is 12.8. The number of carbonyl (C=O) groups is 1. The molecule has 2 aromatic heterocycles. The molecule has 0 radical (unpaired) electrons. The van der Waals surface area contributed by atoms with Crippen LogP contribution in [-0.2, 0) is 6.54 Å². The number of carbonyl (C=O) groups excluding carboxylic acids is 1. The summed E-state index contributed by atoms with van der Waals surface area (Å²) in [5, 5.41) is 7.30. The molecule has 1 saturated heterocycles. The van der Waals surface area contributed by atoms with E-state index in [0.717, 1.165) is 30.2 Å². The Morgan fingerprint density at radius 2 is 2.21 bits per heavy atom. The molecular weight excluding hydrogens is 322 g/mol. The fourth-order valence-electron chi connectivity index (χ4n) is 3.72. The summed E-state index contributed by atoms with van der Waals surface area (Å²) in [5.74, 6) is 0.0398. The molecule has 6 nitrogen and oxygen atoms in total. The van der Waals surface area contributed by atoms with Crippen LogP contribution in [0.15, 0.2) is 17.6 Å². The first-order chi connectivity index (χ1) is 11.7. The van der Waals surface area contributed by atoms with Crippen LogP contribution in [-0.4, -0.2) is 56.7 Å². The van der Waals surface area contributed by atoms with Crippen molar-refractivity contribution in [2.24, 2.45) is 0 Å². The molecule has 0 saturated carbocycles. The second-order valence-electron chi connectivity index (χ2n) is 6.70. The number of likely N-dealkylation sites (tertiary alicyclic amines) is 1. The van der Waals surface area contributed by atoms with Crippen molar-refractivity contribution in [2.45, 2.75) is 38.8 Å². The van der Waals surface area contributed by atoms with Crippen LogP contribution in [0.3, 0.4) is 0 Å². The topological polar surface area (TPSA) is 54.3 Å². The highest BCUT2D eigenvalue weighted by Gasteiger charge is 2.30. The lowest BCUT2D eigenvalue weighted by atomic mass is 10.1. The monoisotopic (exact) mass is 345 g/mol. The Labute approximate surface area is 146 Å². The smallest absolute Gasteiger partial charge is 0.273 e. The van der Waals surface area contributed by atoms with E-state index in [1.54, 1.807) is 0 Å². The number of rotatable bonds is 4. The standard InChI is InChI=1S/C17H23N5OS/c1-13-19-16(12-24-13)17(23)21-10-14-4-6-18-22(14)15(11-21)5-9-20-7-2-3-8-20/h4,6,12,15H,2-3,5,7-11H2,1H3. The largest absolute Gasteiger partial charge is 0.329 e. The Hall–Kier alpha value is -1.73. The Bertz CT molecular complexity index is 718. The van der Waals surface area contributed by atoms with Crippen LogP contribution in [0.25, 0.3) is 0 Å². The molecule has 7 heteroatoms. The minimum Gasteiger partial charge on any atom is -0.329 e. The molecule has 0 spiro atoms. The molecule has 1 atom stereocenters. The molecule has 4 rings (SSSR count). The normalized spacial score (nSPS) is 21.2. The molecule has 24 heavy (non-hydrogen) atoms. The highest BCUT2D eigenvalue weighted by molar-refractivity contribution is 7.09. The minimum atomic E-state index is 0.0398. The third-order valence-corrected chi connectivity index (χ3v) is 5.76. The molecule has 0 aliphatic carbocycles. The summed E-state index contributed by atoms with van der Waals surface area (Å²) in [6.07, 6.45) is 5.50. The number of hydrogen-bond donors (Lipinski definition) is 0. The van der Waals surface area contributed by atoms with Gasteiger partial charge >= 0.3 is 0 Å². The molecule has 4 heterocycles. The SMILES string of the molecule is Cc1nc(C(=O)N2Cc3ccnn3C(CCN3CCCC3)C2)cs1. The van der Waals surface area contributed by atoms with E-state index in [1.807, 2.05) is 29.5 Å². The first-order valence-corrected chi connectivity index (χ1v) is 9.55. The van der Waals surface area contributed by atoms with E-state index in [9.17, 15) is 4.79 Å². The molecular formula is C17H23N5OS. The first kappa shape index (κ1) is 15.8. The van der Waals surface area contributed by atoms with Gasteiger partial charge in [0.25, 0.3) is 5.91 Å². The summed E-state index contributed by atoms with van der Waals surface area (Å²) in [6, 6.07) is 2.28. The van der Waals surface area contributed by atoms with Crippen LogP contribution in [0.1, 0.15) is 46.5 Å². The molecule has 2 aromatic rings. The quantitative estimate of drug-likeness (QED) is 0.853. The van der Waals surface area contributed by atoms with E-state index >= 15 is 0 Å². The summed E-state index contributed by atoms with van der Waals surface area (Å²) in [4.78, 5) is 21.6. The summed E-state index contributed by atoms with van der Waals surface area (Å²) >= 11 is 1.53. The Balaban J connectivity index is 1.48. The van der Waals surface area contributed by atoms with Gasteiger partial charge < -0.3 is 9.80 Å². The summed E-state index contributed by atoms with van der Waals surface area (Å²) in [6.45, 7) is 6.78. The average Bonchev–Trinajstić information content (AvgIpc) is 3.32. The van der Waals surface area contributed by atoms with Crippen LogP contribution in [0, 0.1) is 6.92 Å². The Morgan fingerprint density at radius 3 is 2.96 bits per heavy atom. The number of aryl methyl sites for hydroxylation is 1. The molecule has 0 aromatic carbocycles. The van der Waals surface area contributed by atoms with Crippen molar-refractivity contribution in [2.75, 3.05) is 26.2 Å². The molecule has 1 unspecified atom stereocenters. The van der Waals surface area contributed by atoms with E-state index in [2.05, 4.69) is 19.7 Å². The van der Waals surface area contributed by atoms with Crippen molar-refractivity contribution in [3.8, 4) is 0 Å². The Kier molecular flexibility index (Phi) is 4.37. The van der Waals surface area contributed by atoms with Gasteiger partial charge in [-0.1, -0.05) is 0 Å². The molecule has 128 valence electrons. The molecule has 1 amide bonds. The van der Waals surface area contributed by atoms with Gasteiger partial charge in [-0.2, -0.15) is 5.10 Å². The van der Waals surface area contributed by atoms with Crippen molar-refractivity contribution in [1.82, 2.24) is 24.6 Å². The molecule has 0 bridgehead atoms. The first-order valence-electron chi connectivity index (χ1n) is 8.67. The lowest BCUT2D eigenvalue weighted by Crippen LogP contribution is -2.42. The lowest BCUT2D eigenvalue weighted by molar-refractivity contribution is 0.0653. The van der Waals surface area contributed by atoms with E-state index in [0.29, 0.717) is 12.2 Å². The van der Waals surface area contributed by atoms with Crippen LogP contribution in [0.2, 0.25) is 0 Å². The molecule has 2 aliphatic heterocycles. The minimum absolute atomic E-state index is 0.0398. The predicted molar refractivity (Wildman–Crippen MR) is 93.1 cm³/mol. The highest BCUT2D eigenvalue weighted by Crippen LogP contribution is 2.25. The zero-order valence-corrected chi connectivity index (χ0v) is 14.8. The van der Waals surface area contributed by atoms with Crippen molar-refractivity contribution < 1.29 is 4.79 Å². The van der Waals surface area contributed by atoms with Gasteiger partial charge in [-0.05, 0) is 45.3 Å². The Morgan fingerprint density at radius 1 is 1.38 bits per heavy atom. The van der Waals surface area contributed by atoms with Gasteiger partial charge in [-0.25, -0.2) is 4.98 Å². The zero-order chi connectivity index (χ0) is 16.5. The third kappa shape index (κ3) is 3.10. The molecule has 1 fully saturated rings. The highest BCUT2D eigenvalue weighted by atomic mass is 32.1. The number of thiazole rings is 1. The fraction of sp³-hybridized carbons (Fsp3) is 0.588. The number of fused-ring (bicyclic) bond motifs is 1. The van der Waals surface area contributed by atoms with Crippen LogP contribution in [0.5, 0.6) is 0 Å². The van der Waals surface area contributed by atoms with Crippen LogP contribution < -0.4 is 0 Å². The molecule has 2 aliphatic rings. The maximum absolute atomic E-state index is 12.8. The van der Waals surface area contributed by atoms with Gasteiger partial charge in [-0.15, -0.1) is 11.3 Å². The number of nitrogens with zero attached hydrogens (tertiary/aromatic N) is 5. The van der Waals surface area contributed by atoms with E-state index in [1.165, 1.54) is 37.3 Å². The van der Waals surface area contributed by atoms with Crippen LogP contribution in [0.4, 0.5) is 0 Å². The van der Waals surface area contributed by atoms with Gasteiger partial charge in [0.1, 0.15) is 5.69 Å². The number of aromatic nitrogens is 3. The number of amides is 1. The van der Waals surface area contributed by atoms with Crippen molar-refractivity contribution >= 4 is 17.2 Å². The van der Waals surface area contributed by atoms with Crippen molar-refractivity contribution in [1.29, 1.82) is 0 Å². The fourth-order valence-corrected chi connectivity index (χ4v) is 4.30. The third-order valence-electron chi connectivity index (χ3n) is 4.98.